The van der Waals surface area contributed by atoms with Crippen LogP contribution in [0.3, 0.4) is 0 Å². The fraction of sp³-hybridized carbons (Fsp3) is 0.364. The first-order valence-corrected chi connectivity index (χ1v) is 4.70. The zero-order valence-electron chi connectivity index (χ0n) is 8.69. The molecule has 0 spiro atoms. The molecule has 0 aliphatic carbocycles. The normalized spacial score (nSPS) is 10.6. The quantitative estimate of drug-likeness (QED) is 0.667. The molecule has 1 aromatic carbocycles. The van der Waals surface area contributed by atoms with Crippen molar-refractivity contribution in [3.63, 3.8) is 0 Å². The standard InChI is InChI=1S/C11H14O4/c1-6(2)5-8-7(11(14)15)3-4-9(12)10(8)13/h3-4,6,12-13H,5H2,1-2H3,(H,14,15). The van der Waals surface area contributed by atoms with Crippen LogP contribution in [0.5, 0.6) is 11.5 Å². The Bertz CT molecular complexity index is 382. The van der Waals surface area contributed by atoms with Crippen LogP contribution < -0.4 is 0 Å². The van der Waals surface area contributed by atoms with Crippen molar-refractivity contribution >= 4 is 5.97 Å². The summed E-state index contributed by atoms with van der Waals surface area (Å²) in [6, 6.07) is 2.48. The lowest BCUT2D eigenvalue weighted by molar-refractivity contribution is 0.0695. The van der Waals surface area contributed by atoms with Gasteiger partial charge in [-0.1, -0.05) is 13.8 Å². The minimum atomic E-state index is -1.10. The van der Waals surface area contributed by atoms with Crippen LogP contribution in [-0.4, -0.2) is 21.3 Å². The van der Waals surface area contributed by atoms with Crippen LogP contribution in [0, 0.1) is 5.92 Å². The van der Waals surface area contributed by atoms with Gasteiger partial charge in [0.1, 0.15) is 0 Å². The molecule has 0 aliphatic heterocycles. The van der Waals surface area contributed by atoms with E-state index in [1.807, 2.05) is 13.8 Å². The van der Waals surface area contributed by atoms with Gasteiger partial charge in [0.15, 0.2) is 11.5 Å². The third-order valence-corrected chi connectivity index (χ3v) is 2.10. The molecule has 0 fully saturated rings. The van der Waals surface area contributed by atoms with Crippen LogP contribution >= 0.6 is 0 Å². The van der Waals surface area contributed by atoms with Gasteiger partial charge in [-0.15, -0.1) is 0 Å². The summed E-state index contributed by atoms with van der Waals surface area (Å²) in [4.78, 5) is 10.9. The molecule has 0 radical (unpaired) electrons. The van der Waals surface area contributed by atoms with E-state index in [1.54, 1.807) is 0 Å². The molecule has 0 saturated heterocycles. The molecular weight excluding hydrogens is 196 g/mol. The number of aromatic hydroxyl groups is 2. The number of hydrogen-bond acceptors (Lipinski definition) is 3. The van der Waals surface area contributed by atoms with E-state index in [0.717, 1.165) is 0 Å². The molecule has 15 heavy (non-hydrogen) atoms. The molecule has 4 nitrogen and oxygen atoms in total. The number of carbonyl (C=O) groups is 1. The maximum absolute atomic E-state index is 10.9. The van der Waals surface area contributed by atoms with Crippen LogP contribution in [0.2, 0.25) is 0 Å². The minimum absolute atomic E-state index is 0.0407. The minimum Gasteiger partial charge on any atom is -0.504 e. The zero-order valence-corrected chi connectivity index (χ0v) is 8.69. The van der Waals surface area contributed by atoms with E-state index in [0.29, 0.717) is 6.42 Å². The van der Waals surface area contributed by atoms with E-state index in [4.69, 9.17) is 5.11 Å². The van der Waals surface area contributed by atoms with Crippen LogP contribution in [0.15, 0.2) is 12.1 Å². The molecule has 0 amide bonds. The number of carboxylic acid groups (broad SMARTS) is 1. The van der Waals surface area contributed by atoms with Crippen molar-refractivity contribution in [3.05, 3.63) is 23.3 Å². The Morgan fingerprint density at radius 3 is 2.40 bits per heavy atom. The molecule has 0 aliphatic rings. The Morgan fingerprint density at radius 2 is 1.93 bits per heavy atom. The van der Waals surface area contributed by atoms with Gasteiger partial charge in [-0.2, -0.15) is 0 Å². The summed E-state index contributed by atoms with van der Waals surface area (Å²) in [6.45, 7) is 3.82. The lowest BCUT2D eigenvalue weighted by Gasteiger charge is -2.11. The van der Waals surface area contributed by atoms with Crippen molar-refractivity contribution in [2.45, 2.75) is 20.3 Å². The summed E-state index contributed by atoms with van der Waals surface area (Å²) < 4.78 is 0. The number of rotatable bonds is 3. The molecule has 1 aromatic rings. The highest BCUT2D eigenvalue weighted by Gasteiger charge is 2.17. The lowest BCUT2D eigenvalue weighted by Crippen LogP contribution is -2.05. The van der Waals surface area contributed by atoms with Gasteiger partial charge in [-0.25, -0.2) is 4.79 Å². The van der Waals surface area contributed by atoms with Gasteiger partial charge in [-0.05, 0) is 24.5 Å². The summed E-state index contributed by atoms with van der Waals surface area (Å²) in [5, 5.41) is 27.7. The molecule has 3 N–H and O–H groups in total. The first kappa shape index (κ1) is 11.4. The van der Waals surface area contributed by atoms with E-state index >= 15 is 0 Å². The predicted octanol–water partition coefficient (Wildman–Crippen LogP) is 1.99. The molecule has 1 rings (SSSR count). The van der Waals surface area contributed by atoms with Crippen LogP contribution in [0.4, 0.5) is 0 Å². The van der Waals surface area contributed by atoms with Crippen LogP contribution in [0.1, 0.15) is 29.8 Å². The topological polar surface area (TPSA) is 77.8 Å². The third-order valence-electron chi connectivity index (χ3n) is 2.10. The molecular formula is C11H14O4. The molecule has 82 valence electrons. The highest BCUT2D eigenvalue weighted by atomic mass is 16.4. The second-order valence-electron chi connectivity index (χ2n) is 3.86. The summed E-state index contributed by atoms with van der Waals surface area (Å²) in [7, 11) is 0. The summed E-state index contributed by atoms with van der Waals surface area (Å²) in [5.41, 5.74) is 0.330. The van der Waals surface area contributed by atoms with E-state index < -0.39 is 5.97 Å². The van der Waals surface area contributed by atoms with Crippen molar-refractivity contribution in [1.29, 1.82) is 0 Å². The Labute approximate surface area is 87.8 Å². The summed E-state index contributed by atoms with van der Waals surface area (Å²) >= 11 is 0. The maximum Gasteiger partial charge on any atom is 0.336 e. The fourth-order valence-electron chi connectivity index (χ4n) is 1.44. The number of carboxylic acids is 1. The van der Waals surface area contributed by atoms with E-state index in [2.05, 4.69) is 0 Å². The van der Waals surface area contributed by atoms with Crippen molar-refractivity contribution in [1.82, 2.24) is 0 Å². The maximum atomic E-state index is 10.9. The van der Waals surface area contributed by atoms with Gasteiger partial charge >= 0.3 is 5.97 Å². The Hall–Kier alpha value is -1.71. The number of phenolic OH excluding ortho intramolecular Hbond substituents is 2. The van der Waals surface area contributed by atoms with Crippen molar-refractivity contribution in [2.24, 2.45) is 5.92 Å². The number of hydrogen-bond donors (Lipinski definition) is 3. The Kier molecular flexibility index (Phi) is 3.19. The van der Waals surface area contributed by atoms with Crippen LogP contribution in [0.25, 0.3) is 0 Å². The van der Waals surface area contributed by atoms with E-state index in [9.17, 15) is 15.0 Å². The number of aromatic carboxylic acids is 1. The molecule has 0 bridgehead atoms. The van der Waals surface area contributed by atoms with Gasteiger partial charge in [0.05, 0.1) is 5.56 Å². The third kappa shape index (κ3) is 2.40. The zero-order chi connectivity index (χ0) is 11.6. The monoisotopic (exact) mass is 210 g/mol. The lowest BCUT2D eigenvalue weighted by atomic mass is 9.96. The smallest absolute Gasteiger partial charge is 0.336 e. The molecule has 0 heterocycles. The first-order chi connectivity index (χ1) is 6.93. The molecule has 0 unspecified atom stereocenters. The second kappa shape index (κ2) is 4.21. The van der Waals surface area contributed by atoms with E-state index in [1.165, 1.54) is 12.1 Å². The van der Waals surface area contributed by atoms with Gasteiger partial charge in [-0.3, -0.25) is 0 Å². The average molecular weight is 210 g/mol. The Balaban J connectivity index is 3.28. The highest BCUT2D eigenvalue weighted by Crippen LogP contribution is 2.33. The van der Waals surface area contributed by atoms with E-state index in [-0.39, 0.29) is 28.5 Å². The fourth-order valence-corrected chi connectivity index (χ4v) is 1.44. The van der Waals surface area contributed by atoms with Crippen LogP contribution in [-0.2, 0) is 6.42 Å². The molecule has 4 heteroatoms. The first-order valence-electron chi connectivity index (χ1n) is 4.70. The van der Waals surface area contributed by atoms with Crippen molar-refractivity contribution in [2.75, 3.05) is 0 Å². The largest absolute Gasteiger partial charge is 0.504 e. The average Bonchev–Trinajstić information content (AvgIpc) is 2.12. The van der Waals surface area contributed by atoms with Crippen molar-refractivity contribution < 1.29 is 20.1 Å². The number of benzene rings is 1. The molecule has 0 aromatic heterocycles. The Morgan fingerprint density at radius 1 is 1.33 bits per heavy atom. The molecule has 0 saturated carbocycles. The SMILES string of the molecule is CC(C)Cc1c(C(=O)O)ccc(O)c1O. The van der Waals surface area contributed by atoms with Gasteiger partial charge < -0.3 is 15.3 Å². The van der Waals surface area contributed by atoms with Gasteiger partial charge in [0.25, 0.3) is 0 Å². The predicted molar refractivity (Wildman–Crippen MR) is 55.3 cm³/mol. The second-order valence-corrected chi connectivity index (χ2v) is 3.86. The number of phenols is 2. The highest BCUT2D eigenvalue weighted by molar-refractivity contribution is 5.90. The summed E-state index contributed by atoms with van der Waals surface area (Å²) in [6.07, 6.45) is 0.419. The molecule has 0 atom stereocenters. The van der Waals surface area contributed by atoms with Crippen molar-refractivity contribution in [3.8, 4) is 11.5 Å². The summed E-state index contributed by atoms with van der Waals surface area (Å²) in [5.74, 6) is -1.50. The van der Waals surface area contributed by atoms with Gasteiger partial charge in [0.2, 0.25) is 0 Å². The van der Waals surface area contributed by atoms with Gasteiger partial charge in [0, 0.05) is 5.56 Å².